The topological polar surface area (TPSA) is 50.8 Å². The molecule has 1 N–H and O–H groups in total. The highest BCUT2D eigenvalue weighted by atomic mass is 127. The Hall–Kier alpha value is -1.96. The Bertz CT molecular complexity index is 707. The highest BCUT2D eigenvalue weighted by molar-refractivity contribution is 14.1. The van der Waals surface area contributed by atoms with Gasteiger partial charge in [-0.1, -0.05) is 18.2 Å². The number of hydrogen-bond donors (Lipinski definition) is 1. The molecule has 0 bridgehead atoms. The van der Waals surface area contributed by atoms with E-state index in [1.54, 1.807) is 26.4 Å². The third kappa shape index (κ3) is 5.26. The number of ether oxygens (including phenoxy) is 2. The summed E-state index contributed by atoms with van der Waals surface area (Å²) < 4.78 is 11.4. The summed E-state index contributed by atoms with van der Waals surface area (Å²) in [4.78, 5) is 14.6. The minimum absolute atomic E-state index is 0.104. The molecular weight excluding hydrogens is 431 g/mol. The van der Waals surface area contributed by atoms with Gasteiger partial charge < -0.3 is 19.7 Å². The Morgan fingerprint density at radius 2 is 1.76 bits per heavy atom. The van der Waals surface area contributed by atoms with Crippen LogP contribution in [0.15, 0.2) is 42.5 Å². The third-order valence-electron chi connectivity index (χ3n) is 3.87. The van der Waals surface area contributed by atoms with Crippen LogP contribution in [-0.2, 0) is 0 Å². The molecule has 0 aliphatic rings. The van der Waals surface area contributed by atoms with Gasteiger partial charge in [-0.2, -0.15) is 0 Å². The summed E-state index contributed by atoms with van der Waals surface area (Å²) in [6.45, 7) is 1.48. The lowest BCUT2D eigenvalue weighted by atomic mass is 10.2. The van der Waals surface area contributed by atoms with Crippen molar-refractivity contribution in [3.8, 4) is 11.5 Å². The van der Waals surface area contributed by atoms with Crippen LogP contribution in [-0.4, -0.2) is 40.3 Å². The first-order chi connectivity index (χ1) is 12.1. The summed E-state index contributed by atoms with van der Waals surface area (Å²) in [5.41, 5.74) is 1.76. The van der Waals surface area contributed by atoms with E-state index in [1.807, 2.05) is 18.2 Å². The molecule has 0 aliphatic heterocycles. The van der Waals surface area contributed by atoms with E-state index in [9.17, 15) is 4.79 Å². The smallest absolute Gasteiger partial charge is 0.252 e. The van der Waals surface area contributed by atoms with E-state index >= 15 is 0 Å². The molecule has 0 fully saturated rings. The van der Waals surface area contributed by atoms with Crippen LogP contribution in [0.5, 0.6) is 11.5 Å². The average Bonchev–Trinajstić information content (AvgIpc) is 2.65. The van der Waals surface area contributed by atoms with Crippen LogP contribution in [0.4, 0.5) is 5.69 Å². The molecule has 0 saturated heterocycles. The number of nitrogens with zero attached hydrogens (tertiary/aromatic N) is 1. The van der Waals surface area contributed by atoms with Gasteiger partial charge in [0.2, 0.25) is 0 Å². The largest absolute Gasteiger partial charge is 0.493 e. The van der Waals surface area contributed by atoms with Crippen LogP contribution >= 0.6 is 22.6 Å². The Kier molecular flexibility index (Phi) is 7.36. The van der Waals surface area contributed by atoms with Crippen LogP contribution in [0, 0.1) is 3.57 Å². The van der Waals surface area contributed by atoms with Crippen molar-refractivity contribution >= 4 is 34.2 Å². The number of nitrogens with one attached hydrogen (secondary N) is 1. The predicted octanol–water partition coefficient (Wildman–Crippen LogP) is 3.56. The number of carbonyl (C=O) groups is 1. The lowest BCUT2D eigenvalue weighted by Crippen LogP contribution is -2.28. The molecule has 0 unspecified atom stereocenters. The average molecular weight is 454 g/mol. The number of hydrogen-bond acceptors (Lipinski definition) is 4. The Morgan fingerprint density at radius 3 is 2.40 bits per heavy atom. The van der Waals surface area contributed by atoms with Crippen molar-refractivity contribution in [2.75, 3.05) is 39.3 Å². The first-order valence-electron chi connectivity index (χ1n) is 8.02. The second kappa shape index (κ2) is 9.50. The monoisotopic (exact) mass is 454 g/mol. The van der Waals surface area contributed by atoms with Crippen LogP contribution in [0.2, 0.25) is 0 Å². The van der Waals surface area contributed by atoms with E-state index in [-0.39, 0.29) is 5.91 Å². The van der Waals surface area contributed by atoms with Gasteiger partial charge >= 0.3 is 0 Å². The summed E-state index contributed by atoms with van der Waals surface area (Å²) in [6, 6.07) is 13.7. The SMILES string of the molecule is COc1cc(I)c(C(=O)NCCCN(C)c2ccccc2)cc1OC. The number of carbonyl (C=O) groups excluding carboxylic acids is 1. The number of rotatable bonds is 8. The van der Waals surface area contributed by atoms with E-state index < -0.39 is 0 Å². The molecule has 0 aromatic heterocycles. The highest BCUT2D eigenvalue weighted by Gasteiger charge is 2.15. The molecule has 5 nitrogen and oxygen atoms in total. The number of methoxy groups -OCH3 is 2. The predicted molar refractivity (Wildman–Crippen MR) is 109 cm³/mol. The van der Waals surface area contributed by atoms with Crippen molar-refractivity contribution in [1.82, 2.24) is 5.32 Å². The van der Waals surface area contributed by atoms with Crippen molar-refractivity contribution in [3.63, 3.8) is 0 Å². The molecule has 1 amide bonds. The quantitative estimate of drug-likeness (QED) is 0.490. The summed E-state index contributed by atoms with van der Waals surface area (Å²) in [5.74, 6) is 1.07. The number of para-hydroxylation sites is 1. The van der Waals surface area contributed by atoms with Crippen LogP contribution in [0.1, 0.15) is 16.8 Å². The van der Waals surface area contributed by atoms with E-state index in [0.29, 0.717) is 23.6 Å². The van der Waals surface area contributed by atoms with E-state index in [1.165, 1.54) is 5.69 Å². The van der Waals surface area contributed by atoms with E-state index in [2.05, 4.69) is 52.0 Å². The summed E-state index contributed by atoms with van der Waals surface area (Å²) >= 11 is 2.13. The zero-order valence-corrected chi connectivity index (χ0v) is 16.9. The van der Waals surface area contributed by atoms with Crippen molar-refractivity contribution in [2.45, 2.75) is 6.42 Å². The number of amides is 1. The molecular formula is C19H23IN2O3. The van der Waals surface area contributed by atoms with Crippen molar-refractivity contribution in [1.29, 1.82) is 0 Å². The van der Waals surface area contributed by atoms with Crippen LogP contribution < -0.4 is 19.7 Å². The molecule has 6 heteroatoms. The van der Waals surface area contributed by atoms with E-state index in [0.717, 1.165) is 16.5 Å². The van der Waals surface area contributed by atoms with Crippen LogP contribution in [0.25, 0.3) is 0 Å². The molecule has 0 spiro atoms. The molecule has 2 rings (SSSR count). The lowest BCUT2D eigenvalue weighted by Gasteiger charge is -2.19. The maximum Gasteiger partial charge on any atom is 0.252 e. The molecule has 0 saturated carbocycles. The minimum Gasteiger partial charge on any atom is -0.493 e. The van der Waals surface area contributed by atoms with Gasteiger partial charge in [0.25, 0.3) is 5.91 Å². The molecule has 25 heavy (non-hydrogen) atoms. The number of anilines is 1. The number of benzene rings is 2. The zero-order valence-electron chi connectivity index (χ0n) is 14.7. The molecule has 2 aromatic rings. The fourth-order valence-corrected chi connectivity index (χ4v) is 3.14. The van der Waals surface area contributed by atoms with Gasteiger partial charge in [-0.15, -0.1) is 0 Å². The van der Waals surface area contributed by atoms with E-state index in [4.69, 9.17) is 9.47 Å². The fourth-order valence-electron chi connectivity index (χ4n) is 2.45. The van der Waals surface area contributed by atoms with Gasteiger partial charge in [0.1, 0.15) is 0 Å². The zero-order chi connectivity index (χ0) is 18.2. The molecule has 0 atom stereocenters. The van der Waals surface area contributed by atoms with Gasteiger partial charge in [-0.05, 0) is 53.3 Å². The minimum atomic E-state index is -0.104. The van der Waals surface area contributed by atoms with Gasteiger partial charge in [0.15, 0.2) is 11.5 Å². The number of halogens is 1. The lowest BCUT2D eigenvalue weighted by molar-refractivity contribution is 0.0952. The van der Waals surface area contributed by atoms with Gasteiger partial charge in [-0.3, -0.25) is 4.79 Å². The fraction of sp³-hybridized carbons (Fsp3) is 0.316. The first-order valence-corrected chi connectivity index (χ1v) is 9.10. The normalized spacial score (nSPS) is 10.2. The van der Waals surface area contributed by atoms with Crippen molar-refractivity contribution < 1.29 is 14.3 Å². The molecule has 0 heterocycles. The maximum absolute atomic E-state index is 12.4. The molecule has 0 aliphatic carbocycles. The molecule has 134 valence electrons. The summed E-state index contributed by atoms with van der Waals surface area (Å²) in [5, 5.41) is 2.97. The molecule has 0 radical (unpaired) electrons. The Balaban J connectivity index is 1.88. The summed E-state index contributed by atoms with van der Waals surface area (Å²) in [6.07, 6.45) is 0.862. The second-order valence-corrected chi connectivity index (χ2v) is 6.72. The standard InChI is InChI=1S/C19H23IN2O3/c1-22(14-8-5-4-6-9-14)11-7-10-21-19(23)15-12-17(24-2)18(25-3)13-16(15)20/h4-6,8-9,12-13H,7,10-11H2,1-3H3,(H,21,23). The Morgan fingerprint density at radius 1 is 1.12 bits per heavy atom. The van der Waals surface area contributed by atoms with Gasteiger partial charge in [-0.25, -0.2) is 0 Å². The maximum atomic E-state index is 12.4. The first kappa shape index (κ1) is 19.4. The Labute approximate surface area is 162 Å². The third-order valence-corrected chi connectivity index (χ3v) is 4.76. The van der Waals surface area contributed by atoms with Crippen molar-refractivity contribution in [2.24, 2.45) is 0 Å². The van der Waals surface area contributed by atoms with Crippen LogP contribution in [0.3, 0.4) is 0 Å². The van der Waals surface area contributed by atoms with Gasteiger partial charge in [0, 0.05) is 29.4 Å². The summed E-state index contributed by atoms with van der Waals surface area (Å²) in [7, 11) is 5.19. The van der Waals surface area contributed by atoms with Gasteiger partial charge in [0.05, 0.1) is 19.8 Å². The molecule has 2 aromatic carbocycles. The highest BCUT2D eigenvalue weighted by Crippen LogP contribution is 2.31. The second-order valence-electron chi connectivity index (χ2n) is 5.55. The van der Waals surface area contributed by atoms with Crippen molar-refractivity contribution in [3.05, 3.63) is 51.6 Å².